The lowest BCUT2D eigenvalue weighted by Gasteiger charge is -1.99. The van der Waals surface area contributed by atoms with Crippen LogP contribution in [0.2, 0.25) is 5.02 Å². The molecule has 0 saturated carbocycles. The van der Waals surface area contributed by atoms with Crippen molar-refractivity contribution in [2.75, 3.05) is 7.11 Å². The zero-order chi connectivity index (χ0) is 14.3. The van der Waals surface area contributed by atoms with Crippen LogP contribution in [0.15, 0.2) is 36.4 Å². The molecule has 0 aliphatic rings. The minimum absolute atomic E-state index is 0.294. The molecule has 0 fully saturated rings. The number of esters is 1. The van der Waals surface area contributed by atoms with E-state index in [1.54, 1.807) is 24.3 Å². The summed E-state index contributed by atoms with van der Waals surface area (Å²) >= 11 is 5.99. The average Bonchev–Trinajstić information content (AvgIpc) is 2.82. The molecule has 100 valence electrons. The maximum absolute atomic E-state index is 11.8. The molecular formula is C15H10ClNO3. The maximum Gasteiger partial charge on any atom is 0.379 e. The van der Waals surface area contributed by atoms with Gasteiger partial charge in [0.15, 0.2) is 0 Å². The number of aromatic amines is 1. The Labute approximate surface area is 119 Å². The van der Waals surface area contributed by atoms with Gasteiger partial charge in [-0.25, -0.2) is 4.79 Å². The molecular weight excluding hydrogens is 278 g/mol. The first kappa shape index (κ1) is 12.7. The quantitative estimate of drug-likeness (QED) is 0.447. The highest BCUT2D eigenvalue weighted by molar-refractivity contribution is 6.41. The van der Waals surface area contributed by atoms with E-state index < -0.39 is 11.8 Å². The molecule has 0 atom stereocenters. The van der Waals surface area contributed by atoms with Crippen LogP contribution in [-0.2, 0) is 9.53 Å². The molecule has 0 unspecified atom stereocenters. The van der Waals surface area contributed by atoms with Crippen LogP contribution in [0.3, 0.4) is 0 Å². The molecule has 20 heavy (non-hydrogen) atoms. The largest absolute Gasteiger partial charge is 0.463 e. The lowest BCUT2D eigenvalue weighted by Crippen LogP contribution is -2.15. The van der Waals surface area contributed by atoms with E-state index in [4.69, 9.17) is 11.6 Å². The molecule has 0 amide bonds. The summed E-state index contributed by atoms with van der Waals surface area (Å²) in [5.74, 6) is -1.53. The molecule has 4 nitrogen and oxygen atoms in total. The van der Waals surface area contributed by atoms with Crippen LogP contribution in [-0.4, -0.2) is 23.8 Å². The number of ether oxygens (including phenoxy) is 1. The molecule has 0 spiro atoms. The lowest BCUT2D eigenvalue weighted by molar-refractivity contribution is -0.135. The zero-order valence-electron chi connectivity index (χ0n) is 10.6. The van der Waals surface area contributed by atoms with E-state index in [0.717, 1.165) is 21.8 Å². The number of methoxy groups -OCH3 is 1. The van der Waals surface area contributed by atoms with Crippen LogP contribution in [0.1, 0.15) is 10.4 Å². The summed E-state index contributed by atoms with van der Waals surface area (Å²) in [6.45, 7) is 0. The van der Waals surface area contributed by atoms with Crippen LogP contribution in [0.25, 0.3) is 21.8 Å². The first-order chi connectivity index (χ1) is 9.60. The van der Waals surface area contributed by atoms with Gasteiger partial charge in [-0.05, 0) is 24.3 Å². The maximum atomic E-state index is 11.8. The predicted octanol–water partition coefficient (Wildman–Crippen LogP) is 3.33. The van der Waals surface area contributed by atoms with Crippen LogP contribution in [0.5, 0.6) is 0 Å². The predicted molar refractivity (Wildman–Crippen MR) is 77.2 cm³/mol. The Kier molecular flexibility index (Phi) is 2.95. The van der Waals surface area contributed by atoms with Crippen molar-refractivity contribution in [3.63, 3.8) is 0 Å². The molecule has 0 bridgehead atoms. The highest BCUT2D eigenvalue weighted by Gasteiger charge is 2.17. The molecule has 3 rings (SSSR count). The smallest absolute Gasteiger partial charge is 0.379 e. The van der Waals surface area contributed by atoms with Gasteiger partial charge in [-0.2, -0.15) is 0 Å². The first-order valence-corrected chi connectivity index (χ1v) is 6.31. The number of Topliss-reactive ketones (excluding diaryl/α,β-unsaturated/α-hetero) is 1. The van der Waals surface area contributed by atoms with E-state index in [-0.39, 0.29) is 0 Å². The molecule has 1 N–H and O–H groups in total. The summed E-state index contributed by atoms with van der Waals surface area (Å²) in [4.78, 5) is 26.2. The molecule has 1 heterocycles. The number of hydrogen-bond acceptors (Lipinski definition) is 3. The highest BCUT2D eigenvalue weighted by Crippen LogP contribution is 2.28. The number of hydrogen-bond donors (Lipinski definition) is 1. The molecule has 0 aliphatic heterocycles. The third-order valence-corrected chi connectivity index (χ3v) is 3.43. The summed E-state index contributed by atoms with van der Waals surface area (Å²) in [6, 6.07) is 10.6. The van der Waals surface area contributed by atoms with Gasteiger partial charge in [0.25, 0.3) is 5.78 Å². The molecule has 5 heteroatoms. The standard InChI is InChI=1S/C15H10ClNO3/c1-20-15(19)14(18)8-2-4-10-11-7-9(16)3-5-12(11)17-13(10)6-8/h2-7,17H,1H3. The van der Waals surface area contributed by atoms with Crippen LogP contribution in [0, 0.1) is 0 Å². The molecule has 3 aromatic rings. The lowest BCUT2D eigenvalue weighted by atomic mass is 10.1. The fourth-order valence-electron chi connectivity index (χ4n) is 2.23. The summed E-state index contributed by atoms with van der Waals surface area (Å²) in [6.07, 6.45) is 0. The van der Waals surface area contributed by atoms with Crippen LogP contribution in [0.4, 0.5) is 0 Å². The SMILES string of the molecule is COC(=O)C(=O)c1ccc2c(c1)[nH]c1ccc(Cl)cc12. The number of carbonyl (C=O) groups excluding carboxylic acids is 2. The van der Waals surface area contributed by atoms with Crippen molar-refractivity contribution in [1.29, 1.82) is 0 Å². The number of H-pyrrole nitrogens is 1. The Balaban J connectivity index is 2.19. The topological polar surface area (TPSA) is 59.2 Å². The Morgan fingerprint density at radius 3 is 2.60 bits per heavy atom. The van der Waals surface area contributed by atoms with E-state index in [2.05, 4.69) is 9.72 Å². The minimum atomic E-state index is -0.872. The second-order valence-corrected chi connectivity index (χ2v) is 4.83. The fourth-order valence-corrected chi connectivity index (χ4v) is 2.40. The van der Waals surface area contributed by atoms with E-state index in [0.29, 0.717) is 10.6 Å². The first-order valence-electron chi connectivity index (χ1n) is 5.94. The van der Waals surface area contributed by atoms with Gasteiger partial charge in [0.05, 0.1) is 7.11 Å². The second kappa shape index (κ2) is 4.65. The Morgan fingerprint density at radius 1 is 1.05 bits per heavy atom. The van der Waals surface area contributed by atoms with E-state index in [9.17, 15) is 9.59 Å². The Morgan fingerprint density at radius 2 is 1.85 bits per heavy atom. The van der Waals surface area contributed by atoms with Gasteiger partial charge in [-0.1, -0.05) is 23.7 Å². The van der Waals surface area contributed by atoms with Gasteiger partial charge in [0.1, 0.15) is 0 Å². The molecule has 2 aromatic carbocycles. The van der Waals surface area contributed by atoms with Crippen molar-refractivity contribution < 1.29 is 14.3 Å². The summed E-state index contributed by atoms with van der Waals surface area (Å²) < 4.78 is 4.44. The third kappa shape index (κ3) is 1.94. The normalized spacial score (nSPS) is 10.9. The average molecular weight is 288 g/mol. The van der Waals surface area contributed by atoms with Gasteiger partial charge in [-0.15, -0.1) is 0 Å². The van der Waals surface area contributed by atoms with Crippen molar-refractivity contribution >= 4 is 45.2 Å². The fraction of sp³-hybridized carbons (Fsp3) is 0.0667. The van der Waals surface area contributed by atoms with Crippen LogP contribution >= 0.6 is 11.6 Å². The summed E-state index contributed by atoms with van der Waals surface area (Å²) in [5.41, 5.74) is 1.99. The molecule has 1 aromatic heterocycles. The number of aromatic nitrogens is 1. The van der Waals surface area contributed by atoms with Gasteiger partial charge >= 0.3 is 5.97 Å². The molecule has 0 saturated heterocycles. The number of ketones is 1. The minimum Gasteiger partial charge on any atom is -0.463 e. The Bertz CT molecular complexity index is 851. The van der Waals surface area contributed by atoms with Gasteiger partial charge < -0.3 is 9.72 Å². The van der Waals surface area contributed by atoms with Crippen molar-refractivity contribution in [2.45, 2.75) is 0 Å². The van der Waals surface area contributed by atoms with Crippen molar-refractivity contribution in [3.8, 4) is 0 Å². The summed E-state index contributed by atoms with van der Waals surface area (Å²) in [7, 11) is 1.18. The van der Waals surface area contributed by atoms with Crippen molar-refractivity contribution in [2.24, 2.45) is 0 Å². The zero-order valence-corrected chi connectivity index (χ0v) is 11.3. The van der Waals surface area contributed by atoms with Gasteiger partial charge in [0.2, 0.25) is 0 Å². The highest BCUT2D eigenvalue weighted by atomic mass is 35.5. The monoisotopic (exact) mass is 287 g/mol. The van der Waals surface area contributed by atoms with Gasteiger partial charge in [0, 0.05) is 32.4 Å². The number of carbonyl (C=O) groups is 2. The van der Waals surface area contributed by atoms with Crippen molar-refractivity contribution in [1.82, 2.24) is 4.98 Å². The number of halogens is 1. The number of fused-ring (bicyclic) bond motifs is 3. The number of rotatable bonds is 2. The number of benzene rings is 2. The van der Waals surface area contributed by atoms with Crippen molar-refractivity contribution in [3.05, 3.63) is 47.0 Å². The van der Waals surface area contributed by atoms with Gasteiger partial charge in [-0.3, -0.25) is 4.79 Å². The second-order valence-electron chi connectivity index (χ2n) is 4.40. The van der Waals surface area contributed by atoms with Crippen LogP contribution < -0.4 is 0 Å². The van der Waals surface area contributed by atoms with E-state index >= 15 is 0 Å². The Hall–Kier alpha value is -2.33. The molecule has 0 radical (unpaired) electrons. The van der Waals surface area contributed by atoms with E-state index in [1.807, 2.05) is 12.1 Å². The summed E-state index contributed by atoms with van der Waals surface area (Å²) in [5, 5.41) is 2.57. The molecule has 0 aliphatic carbocycles. The third-order valence-electron chi connectivity index (χ3n) is 3.19. The van der Waals surface area contributed by atoms with E-state index in [1.165, 1.54) is 7.11 Å². The number of nitrogens with one attached hydrogen (secondary N) is 1.